The summed E-state index contributed by atoms with van der Waals surface area (Å²) in [6.07, 6.45) is 0.164. The van der Waals surface area contributed by atoms with Gasteiger partial charge in [0.1, 0.15) is 11.3 Å². The lowest BCUT2D eigenvalue weighted by Gasteiger charge is -2.17. The third-order valence-corrected chi connectivity index (χ3v) is 4.65. The van der Waals surface area contributed by atoms with Gasteiger partial charge in [-0.15, -0.1) is 0 Å². The number of carbonyl (C=O) groups excluding carboxylic acids is 2. The fourth-order valence-corrected chi connectivity index (χ4v) is 3.31. The van der Waals surface area contributed by atoms with Gasteiger partial charge in [0, 0.05) is 25.6 Å². The van der Waals surface area contributed by atoms with Crippen LogP contribution in [0.3, 0.4) is 0 Å². The summed E-state index contributed by atoms with van der Waals surface area (Å²) in [5, 5.41) is 2.86. The van der Waals surface area contributed by atoms with Crippen molar-refractivity contribution in [3.63, 3.8) is 0 Å². The Kier molecular flexibility index (Phi) is 4.27. The highest BCUT2D eigenvalue weighted by Gasteiger charge is 2.35. The summed E-state index contributed by atoms with van der Waals surface area (Å²) in [6.45, 7) is 2.10. The third-order valence-electron chi connectivity index (χ3n) is 4.65. The van der Waals surface area contributed by atoms with Crippen molar-refractivity contribution in [3.8, 4) is 5.75 Å². The van der Waals surface area contributed by atoms with Crippen LogP contribution in [0.25, 0.3) is 11.1 Å². The first kappa shape index (κ1) is 17.1. The van der Waals surface area contributed by atoms with E-state index in [9.17, 15) is 9.59 Å². The van der Waals surface area contributed by atoms with Gasteiger partial charge < -0.3 is 19.4 Å². The standard InChI is InChI=1S/C20H19N3O4/c1-12-21-16-10-14(7-8-18(16)27-12)23-11-13(9-19(23)24)20(25)22-15-5-3-4-6-17(15)26-2/h3-8,10,13H,9,11H2,1-2H3,(H,22,25)/t13-/m0/s1. The predicted molar refractivity (Wildman–Crippen MR) is 101 cm³/mol. The van der Waals surface area contributed by atoms with Crippen molar-refractivity contribution in [2.75, 3.05) is 23.9 Å². The molecule has 0 aliphatic carbocycles. The summed E-state index contributed by atoms with van der Waals surface area (Å²) in [5.74, 6) is 0.434. The molecule has 0 unspecified atom stereocenters. The second kappa shape index (κ2) is 6.75. The number of ether oxygens (including phenoxy) is 1. The monoisotopic (exact) mass is 365 g/mol. The van der Waals surface area contributed by atoms with E-state index in [1.165, 1.54) is 0 Å². The lowest BCUT2D eigenvalue weighted by Crippen LogP contribution is -2.28. The molecule has 0 radical (unpaired) electrons. The molecule has 1 fully saturated rings. The van der Waals surface area contributed by atoms with E-state index < -0.39 is 5.92 Å². The van der Waals surface area contributed by atoms with Crippen LogP contribution in [-0.4, -0.2) is 30.5 Å². The fourth-order valence-electron chi connectivity index (χ4n) is 3.31. The molecule has 1 N–H and O–H groups in total. The Morgan fingerprint density at radius 2 is 2.11 bits per heavy atom. The van der Waals surface area contributed by atoms with Crippen LogP contribution < -0.4 is 15.0 Å². The number of carbonyl (C=O) groups is 2. The Bertz CT molecular complexity index is 1030. The summed E-state index contributed by atoms with van der Waals surface area (Å²) >= 11 is 0. The zero-order valence-corrected chi connectivity index (χ0v) is 15.1. The minimum atomic E-state index is -0.433. The van der Waals surface area contributed by atoms with Gasteiger partial charge >= 0.3 is 0 Å². The van der Waals surface area contributed by atoms with Crippen LogP contribution in [0.1, 0.15) is 12.3 Å². The molecule has 7 heteroatoms. The highest BCUT2D eigenvalue weighted by Crippen LogP contribution is 2.30. The number of methoxy groups -OCH3 is 1. The largest absolute Gasteiger partial charge is 0.495 e. The summed E-state index contributed by atoms with van der Waals surface area (Å²) in [4.78, 5) is 31.1. The number of benzene rings is 2. The number of anilines is 2. The molecule has 1 aromatic heterocycles. The average Bonchev–Trinajstić information content (AvgIpc) is 3.23. The molecule has 1 aliphatic heterocycles. The normalized spacial score (nSPS) is 16.7. The van der Waals surface area contributed by atoms with E-state index >= 15 is 0 Å². The van der Waals surface area contributed by atoms with Gasteiger partial charge in [0.2, 0.25) is 11.8 Å². The van der Waals surface area contributed by atoms with Crippen molar-refractivity contribution in [1.29, 1.82) is 0 Å². The third kappa shape index (κ3) is 3.23. The summed E-state index contributed by atoms with van der Waals surface area (Å²) in [7, 11) is 1.55. The van der Waals surface area contributed by atoms with Crippen LogP contribution >= 0.6 is 0 Å². The van der Waals surface area contributed by atoms with Gasteiger partial charge in [-0.25, -0.2) is 4.98 Å². The number of aromatic nitrogens is 1. The van der Waals surface area contributed by atoms with Crippen LogP contribution in [0.4, 0.5) is 11.4 Å². The van der Waals surface area contributed by atoms with Crippen LogP contribution in [-0.2, 0) is 9.59 Å². The highest BCUT2D eigenvalue weighted by atomic mass is 16.5. The first-order valence-electron chi connectivity index (χ1n) is 8.66. The maximum Gasteiger partial charge on any atom is 0.229 e. The van der Waals surface area contributed by atoms with Crippen molar-refractivity contribution in [3.05, 3.63) is 48.4 Å². The molecular formula is C20H19N3O4. The molecule has 27 heavy (non-hydrogen) atoms. The van der Waals surface area contributed by atoms with E-state index in [2.05, 4.69) is 10.3 Å². The molecule has 4 rings (SSSR count). The lowest BCUT2D eigenvalue weighted by molar-refractivity contribution is -0.122. The van der Waals surface area contributed by atoms with Crippen molar-refractivity contribution in [1.82, 2.24) is 4.98 Å². The molecule has 7 nitrogen and oxygen atoms in total. The zero-order valence-electron chi connectivity index (χ0n) is 15.1. The molecule has 2 aromatic carbocycles. The van der Waals surface area contributed by atoms with E-state index in [-0.39, 0.29) is 18.2 Å². The van der Waals surface area contributed by atoms with E-state index in [0.717, 1.165) is 0 Å². The number of aryl methyl sites for hydroxylation is 1. The van der Waals surface area contributed by atoms with Crippen molar-refractivity contribution in [2.24, 2.45) is 5.92 Å². The maximum atomic E-state index is 12.6. The van der Waals surface area contributed by atoms with Crippen molar-refractivity contribution < 1.29 is 18.7 Å². The second-order valence-electron chi connectivity index (χ2n) is 6.48. The van der Waals surface area contributed by atoms with Crippen LogP contribution in [0.15, 0.2) is 46.9 Å². The number of oxazole rings is 1. The minimum Gasteiger partial charge on any atom is -0.495 e. The van der Waals surface area contributed by atoms with Crippen molar-refractivity contribution in [2.45, 2.75) is 13.3 Å². The molecule has 3 aromatic rings. The Balaban J connectivity index is 1.51. The number of fused-ring (bicyclic) bond motifs is 1. The molecule has 1 saturated heterocycles. The van der Waals surface area contributed by atoms with E-state index in [0.29, 0.717) is 40.7 Å². The van der Waals surface area contributed by atoms with Gasteiger partial charge in [-0.3, -0.25) is 9.59 Å². The predicted octanol–water partition coefficient (Wildman–Crippen LogP) is 3.14. The number of hydrogen-bond donors (Lipinski definition) is 1. The molecular weight excluding hydrogens is 346 g/mol. The molecule has 0 spiro atoms. The second-order valence-corrected chi connectivity index (χ2v) is 6.48. The average molecular weight is 365 g/mol. The number of para-hydroxylation sites is 2. The van der Waals surface area contributed by atoms with Gasteiger partial charge in [0.05, 0.1) is 18.7 Å². The van der Waals surface area contributed by atoms with Crippen LogP contribution in [0.2, 0.25) is 0 Å². The Morgan fingerprint density at radius 1 is 1.30 bits per heavy atom. The number of amides is 2. The summed E-state index contributed by atoms with van der Waals surface area (Å²) in [5.41, 5.74) is 2.68. The van der Waals surface area contributed by atoms with E-state index in [1.807, 2.05) is 24.3 Å². The molecule has 0 saturated carbocycles. The summed E-state index contributed by atoms with van der Waals surface area (Å²) in [6, 6.07) is 12.6. The van der Waals surface area contributed by atoms with Gasteiger partial charge in [0.15, 0.2) is 11.5 Å². The Labute approximate surface area is 155 Å². The first-order chi connectivity index (χ1) is 13.0. The number of nitrogens with one attached hydrogen (secondary N) is 1. The van der Waals surface area contributed by atoms with E-state index in [4.69, 9.17) is 9.15 Å². The molecule has 1 atom stereocenters. The minimum absolute atomic E-state index is 0.0882. The quantitative estimate of drug-likeness (QED) is 0.768. The lowest BCUT2D eigenvalue weighted by atomic mass is 10.1. The Morgan fingerprint density at radius 3 is 2.93 bits per heavy atom. The number of hydrogen-bond acceptors (Lipinski definition) is 5. The topological polar surface area (TPSA) is 84.7 Å². The fraction of sp³-hybridized carbons (Fsp3) is 0.250. The van der Waals surface area contributed by atoms with Gasteiger partial charge in [-0.05, 0) is 30.3 Å². The molecule has 138 valence electrons. The highest BCUT2D eigenvalue weighted by molar-refractivity contribution is 6.04. The maximum absolute atomic E-state index is 12.6. The first-order valence-corrected chi connectivity index (χ1v) is 8.66. The SMILES string of the molecule is COc1ccccc1NC(=O)[C@H]1CC(=O)N(c2ccc3oc(C)nc3c2)C1. The van der Waals surface area contributed by atoms with Gasteiger partial charge in [0.25, 0.3) is 0 Å². The number of rotatable bonds is 4. The zero-order chi connectivity index (χ0) is 19.0. The Hall–Kier alpha value is -3.35. The number of nitrogens with zero attached hydrogens (tertiary/aromatic N) is 2. The molecule has 0 bridgehead atoms. The van der Waals surface area contributed by atoms with Gasteiger partial charge in [-0.1, -0.05) is 12.1 Å². The van der Waals surface area contributed by atoms with Crippen LogP contribution in [0, 0.1) is 12.8 Å². The molecule has 2 amide bonds. The molecule has 2 heterocycles. The van der Waals surface area contributed by atoms with Gasteiger partial charge in [-0.2, -0.15) is 0 Å². The summed E-state index contributed by atoms with van der Waals surface area (Å²) < 4.78 is 10.7. The van der Waals surface area contributed by atoms with E-state index in [1.54, 1.807) is 37.1 Å². The van der Waals surface area contributed by atoms with Crippen LogP contribution in [0.5, 0.6) is 5.75 Å². The van der Waals surface area contributed by atoms with Crippen molar-refractivity contribution >= 4 is 34.3 Å². The molecule has 1 aliphatic rings. The smallest absolute Gasteiger partial charge is 0.229 e.